The summed E-state index contributed by atoms with van der Waals surface area (Å²) < 4.78 is 21.7. The zero-order valence-corrected chi connectivity index (χ0v) is 10.2. The summed E-state index contributed by atoms with van der Waals surface area (Å²) >= 11 is 5.80. The molecule has 0 bridgehead atoms. The summed E-state index contributed by atoms with van der Waals surface area (Å²) in [5.74, 6) is -1.98. The van der Waals surface area contributed by atoms with Crippen LogP contribution in [0.25, 0.3) is 0 Å². The molecule has 0 aromatic heterocycles. The Bertz CT molecular complexity index is 316. The second kappa shape index (κ2) is 3.85. The Morgan fingerprint density at radius 1 is 1.56 bits per heavy atom. The third kappa shape index (κ3) is 1.83. The highest BCUT2D eigenvalue weighted by Crippen LogP contribution is 2.43. The Morgan fingerprint density at radius 3 is 2.88 bits per heavy atom. The molecule has 0 aromatic carbocycles. The molecule has 16 heavy (non-hydrogen) atoms. The van der Waals surface area contributed by atoms with E-state index >= 15 is 0 Å². The van der Waals surface area contributed by atoms with Gasteiger partial charge in [-0.1, -0.05) is 11.6 Å². The standard InChI is InChI=1S/C10H15ClO5/c1-9(2)15-8-7(12)6(11)4-14-10(8,16-9)5-13-3/h4,7-8,12H,5H2,1-3H3/t7-,8+,10+/m1/s1. The van der Waals surface area contributed by atoms with Crippen molar-refractivity contribution in [2.75, 3.05) is 13.7 Å². The van der Waals surface area contributed by atoms with Crippen molar-refractivity contribution in [2.24, 2.45) is 0 Å². The molecule has 0 spiro atoms. The van der Waals surface area contributed by atoms with Gasteiger partial charge in [0.2, 0.25) is 0 Å². The van der Waals surface area contributed by atoms with E-state index in [-0.39, 0.29) is 11.6 Å². The number of halogens is 1. The van der Waals surface area contributed by atoms with Gasteiger partial charge < -0.3 is 24.1 Å². The lowest BCUT2D eigenvalue weighted by Crippen LogP contribution is -2.53. The molecule has 0 aromatic rings. The quantitative estimate of drug-likeness (QED) is 0.791. The number of ether oxygens (including phenoxy) is 4. The number of fused-ring (bicyclic) bond motifs is 1. The lowest BCUT2D eigenvalue weighted by molar-refractivity contribution is -0.258. The fourth-order valence-electron chi connectivity index (χ4n) is 2.01. The van der Waals surface area contributed by atoms with E-state index in [2.05, 4.69) is 0 Å². The van der Waals surface area contributed by atoms with E-state index in [0.29, 0.717) is 0 Å². The molecule has 6 heteroatoms. The molecule has 2 rings (SSSR count). The molecular weight excluding hydrogens is 236 g/mol. The van der Waals surface area contributed by atoms with E-state index in [0.717, 1.165) is 0 Å². The highest BCUT2D eigenvalue weighted by atomic mass is 35.5. The van der Waals surface area contributed by atoms with Crippen molar-refractivity contribution in [3.8, 4) is 0 Å². The van der Waals surface area contributed by atoms with Crippen LogP contribution in [-0.4, -0.2) is 42.6 Å². The molecule has 2 aliphatic heterocycles. The summed E-state index contributed by atoms with van der Waals surface area (Å²) in [7, 11) is 1.52. The predicted molar refractivity (Wildman–Crippen MR) is 55.7 cm³/mol. The molecule has 0 unspecified atom stereocenters. The molecule has 5 nitrogen and oxygen atoms in total. The van der Waals surface area contributed by atoms with Gasteiger partial charge >= 0.3 is 0 Å². The van der Waals surface area contributed by atoms with Crippen LogP contribution in [0.3, 0.4) is 0 Å². The summed E-state index contributed by atoms with van der Waals surface area (Å²) in [6.07, 6.45) is -0.390. The van der Waals surface area contributed by atoms with Crippen LogP contribution >= 0.6 is 11.6 Å². The fraction of sp³-hybridized carbons (Fsp3) is 0.800. The largest absolute Gasteiger partial charge is 0.463 e. The maximum atomic E-state index is 9.93. The number of methoxy groups -OCH3 is 1. The SMILES string of the molecule is COC[C@@]12OC=C(Cl)[C@@H](O)[C@@H]1OC(C)(C)O2. The first-order chi connectivity index (χ1) is 7.40. The Morgan fingerprint density at radius 2 is 2.25 bits per heavy atom. The summed E-state index contributed by atoms with van der Waals surface area (Å²) in [6.45, 7) is 3.64. The lowest BCUT2D eigenvalue weighted by atomic mass is 10.0. The van der Waals surface area contributed by atoms with E-state index in [9.17, 15) is 5.11 Å². The van der Waals surface area contributed by atoms with Gasteiger partial charge in [0.1, 0.15) is 19.0 Å². The van der Waals surface area contributed by atoms with Gasteiger partial charge in [-0.3, -0.25) is 0 Å². The normalized spacial score (nSPS) is 41.2. The first-order valence-corrected chi connectivity index (χ1v) is 5.36. The summed E-state index contributed by atoms with van der Waals surface area (Å²) in [5.41, 5.74) is 0. The minimum Gasteiger partial charge on any atom is -0.463 e. The number of aliphatic hydroxyl groups is 1. The first kappa shape index (κ1) is 12.1. The molecule has 2 aliphatic rings. The minimum absolute atomic E-state index is 0.152. The molecule has 0 amide bonds. The molecular formula is C10H15ClO5. The molecule has 1 saturated heterocycles. The average Bonchev–Trinajstić information content (AvgIpc) is 2.46. The molecule has 3 atom stereocenters. The second-order valence-corrected chi connectivity index (χ2v) is 4.79. The molecule has 0 radical (unpaired) electrons. The third-order valence-corrected chi connectivity index (χ3v) is 2.86. The first-order valence-electron chi connectivity index (χ1n) is 4.98. The monoisotopic (exact) mass is 250 g/mol. The maximum absolute atomic E-state index is 9.93. The Balaban J connectivity index is 2.31. The Kier molecular flexibility index (Phi) is 2.92. The van der Waals surface area contributed by atoms with E-state index in [4.69, 9.17) is 30.5 Å². The zero-order valence-electron chi connectivity index (χ0n) is 9.40. The van der Waals surface area contributed by atoms with Crippen LogP contribution in [0.2, 0.25) is 0 Å². The van der Waals surface area contributed by atoms with Crippen LogP contribution in [0.1, 0.15) is 13.8 Å². The predicted octanol–water partition coefficient (Wildman–Crippen LogP) is 0.952. The topological polar surface area (TPSA) is 57.2 Å². The van der Waals surface area contributed by atoms with E-state index in [1.807, 2.05) is 0 Å². The molecule has 0 saturated carbocycles. The van der Waals surface area contributed by atoms with Crippen LogP contribution in [0.15, 0.2) is 11.3 Å². The van der Waals surface area contributed by atoms with Gasteiger partial charge in [0.05, 0.1) is 5.03 Å². The van der Waals surface area contributed by atoms with Crippen LogP contribution in [0.4, 0.5) is 0 Å². The average molecular weight is 251 g/mol. The summed E-state index contributed by atoms with van der Waals surface area (Å²) in [5, 5.41) is 10.1. The van der Waals surface area contributed by atoms with Crippen molar-refractivity contribution >= 4 is 11.6 Å². The maximum Gasteiger partial charge on any atom is 0.265 e. The highest BCUT2D eigenvalue weighted by molar-refractivity contribution is 6.30. The summed E-state index contributed by atoms with van der Waals surface area (Å²) in [4.78, 5) is 0. The molecule has 2 heterocycles. The summed E-state index contributed by atoms with van der Waals surface area (Å²) in [6, 6.07) is 0. The van der Waals surface area contributed by atoms with Crippen LogP contribution < -0.4 is 0 Å². The number of hydrogen-bond acceptors (Lipinski definition) is 5. The van der Waals surface area contributed by atoms with Gasteiger partial charge in [-0.15, -0.1) is 0 Å². The molecule has 1 fully saturated rings. The van der Waals surface area contributed by atoms with E-state index in [1.54, 1.807) is 13.8 Å². The lowest BCUT2D eigenvalue weighted by Gasteiger charge is -2.36. The molecule has 1 N–H and O–H groups in total. The van der Waals surface area contributed by atoms with Gasteiger partial charge in [-0.25, -0.2) is 0 Å². The van der Waals surface area contributed by atoms with Gasteiger partial charge in [0.15, 0.2) is 11.9 Å². The number of hydrogen-bond donors (Lipinski definition) is 1. The third-order valence-electron chi connectivity index (χ3n) is 2.55. The van der Waals surface area contributed by atoms with Gasteiger partial charge in [-0.2, -0.15) is 0 Å². The Hall–Kier alpha value is -0.330. The van der Waals surface area contributed by atoms with Crippen molar-refractivity contribution in [2.45, 2.75) is 37.6 Å². The number of rotatable bonds is 2. The van der Waals surface area contributed by atoms with Gasteiger partial charge in [-0.05, 0) is 13.8 Å². The Labute approximate surface area is 98.9 Å². The fourth-order valence-corrected chi connectivity index (χ4v) is 2.17. The van der Waals surface area contributed by atoms with Crippen molar-refractivity contribution in [1.82, 2.24) is 0 Å². The van der Waals surface area contributed by atoms with Gasteiger partial charge in [0, 0.05) is 7.11 Å². The van der Waals surface area contributed by atoms with Crippen LogP contribution in [-0.2, 0) is 18.9 Å². The van der Waals surface area contributed by atoms with Gasteiger partial charge in [0.25, 0.3) is 5.79 Å². The molecule has 92 valence electrons. The zero-order chi connectivity index (χ0) is 12.0. The second-order valence-electron chi connectivity index (χ2n) is 4.35. The van der Waals surface area contributed by atoms with E-state index < -0.39 is 23.8 Å². The van der Waals surface area contributed by atoms with Crippen molar-refractivity contribution in [1.29, 1.82) is 0 Å². The van der Waals surface area contributed by atoms with Crippen molar-refractivity contribution < 1.29 is 24.1 Å². The van der Waals surface area contributed by atoms with E-state index in [1.165, 1.54) is 13.4 Å². The number of aliphatic hydroxyl groups excluding tert-OH is 1. The van der Waals surface area contributed by atoms with Crippen molar-refractivity contribution in [3.63, 3.8) is 0 Å². The highest BCUT2D eigenvalue weighted by Gasteiger charge is 2.60. The van der Waals surface area contributed by atoms with Crippen molar-refractivity contribution in [3.05, 3.63) is 11.3 Å². The van der Waals surface area contributed by atoms with Crippen LogP contribution in [0, 0.1) is 0 Å². The minimum atomic E-state index is -1.13. The molecule has 0 aliphatic carbocycles. The van der Waals surface area contributed by atoms with Crippen LogP contribution in [0.5, 0.6) is 0 Å². The smallest absolute Gasteiger partial charge is 0.265 e.